The molecule has 0 radical (unpaired) electrons. The summed E-state index contributed by atoms with van der Waals surface area (Å²) >= 11 is 7.41. The third kappa shape index (κ3) is 8.33. The molecule has 0 saturated heterocycles. The molecule has 6 nitrogen and oxygen atoms in total. The molecule has 0 atom stereocenters. The smallest absolute Gasteiger partial charge is 0.272 e. The summed E-state index contributed by atoms with van der Waals surface area (Å²) in [4.78, 5) is 39.3. The summed E-state index contributed by atoms with van der Waals surface area (Å²) in [5.74, 6) is -0.770. The van der Waals surface area contributed by atoms with Crippen LogP contribution >= 0.6 is 23.4 Å². The monoisotopic (exact) mass is 569 g/mol. The van der Waals surface area contributed by atoms with Crippen molar-refractivity contribution < 1.29 is 14.4 Å². The van der Waals surface area contributed by atoms with Gasteiger partial charge in [-0.1, -0.05) is 65.7 Å². The number of aryl methyl sites for hydroxylation is 2. The van der Waals surface area contributed by atoms with Gasteiger partial charge in [-0.2, -0.15) is 0 Å². The van der Waals surface area contributed by atoms with Crippen LogP contribution in [0.2, 0.25) is 5.02 Å². The third-order valence-electron chi connectivity index (χ3n) is 5.87. The van der Waals surface area contributed by atoms with E-state index < -0.39 is 5.91 Å². The van der Waals surface area contributed by atoms with Crippen molar-refractivity contribution in [3.05, 3.63) is 130 Å². The maximum absolute atomic E-state index is 13.2. The summed E-state index contributed by atoms with van der Waals surface area (Å²) in [6.07, 6.45) is 1.64. The van der Waals surface area contributed by atoms with Crippen molar-refractivity contribution in [2.45, 2.75) is 18.7 Å². The molecule has 0 fully saturated rings. The highest BCUT2D eigenvalue weighted by Crippen LogP contribution is 2.23. The Morgan fingerprint density at radius 1 is 0.825 bits per heavy atom. The van der Waals surface area contributed by atoms with Crippen LogP contribution in [0.5, 0.6) is 0 Å². The SMILES string of the molecule is Cc1ccc(/C=C(\NC(=O)c2ccccc2)C(=O)Nc2ccc(SCC(=O)Nc3cc(Cl)ccc3C)cc2)cc1. The van der Waals surface area contributed by atoms with Crippen LogP contribution in [0, 0.1) is 13.8 Å². The Labute approximate surface area is 242 Å². The van der Waals surface area contributed by atoms with Crippen LogP contribution in [0.4, 0.5) is 11.4 Å². The summed E-state index contributed by atoms with van der Waals surface area (Å²) < 4.78 is 0. The van der Waals surface area contributed by atoms with Crippen molar-refractivity contribution in [2.75, 3.05) is 16.4 Å². The topological polar surface area (TPSA) is 87.3 Å². The molecule has 8 heteroatoms. The molecular weight excluding hydrogens is 542 g/mol. The maximum atomic E-state index is 13.2. The van der Waals surface area contributed by atoms with Gasteiger partial charge in [0.25, 0.3) is 11.8 Å². The molecule has 3 amide bonds. The lowest BCUT2D eigenvalue weighted by molar-refractivity contribution is -0.114. The molecule has 0 aromatic heterocycles. The molecule has 4 rings (SSSR count). The highest BCUT2D eigenvalue weighted by Gasteiger charge is 2.15. The Bertz CT molecular complexity index is 1540. The summed E-state index contributed by atoms with van der Waals surface area (Å²) in [5, 5.41) is 9.02. The Hall–Kier alpha value is -4.33. The van der Waals surface area contributed by atoms with Gasteiger partial charge in [0.05, 0.1) is 5.75 Å². The molecule has 3 N–H and O–H groups in total. The first-order valence-corrected chi connectivity index (χ1v) is 13.9. The van der Waals surface area contributed by atoms with E-state index >= 15 is 0 Å². The van der Waals surface area contributed by atoms with Gasteiger partial charge in [-0.3, -0.25) is 14.4 Å². The molecule has 0 unspecified atom stereocenters. The number of benzene rings is 4. The van der Waals surface area contributed by atoms with E-state index in [1.54, 1.807) is 54.6 Å². The normalized spacial score (nSPS) is 11.0. The average molecular weight is 570 g/mol. The fourth-order valence-electron chi connectivity index (χ4n) is 3.67. The number of carbonyl (C=O) groups excluding carboxylic acids is 3. The quantitative estimate of drug-likeness (QED) is 0.148. The summed E-state index contributed by atoms with van der Waals surface area (Å²) in [5.41, 5.74) is 4.60. The number of thioether (sulfide) groups is 1. The van der Waals surface area contributed by atoms with Crippen LogP contribution in [0.15, 0.2) is 108 Å². The van der Waals surface area contributed by atoms with Crippen LogP contribution in [0.25, 0.3) is 6.08 Å². The molecule has 40 heavy (non-hydrogen) atoms. The van der Waals surface area contributed by atoms with Gasteiger partial charge >= 0.3 is 0 Å². The van der Waals surface area contributed by atoms with Crippen molar-refractivity contribution in [2.24, 2.45) is 0 Å². The first kappa shape index (κ1) is 28.7. The van der Waals surface area contributed by atoms with Crippen molar-refractivity contribution in [1.82, 2.24) is 5.32 Å². The summed E-state index contributed by atoms with van der Waals surface area (Å²) in [6, 6.07) is 28.9. The zero-order chi connectivity index (χ0) is 28.5. The highest BCUT2D eigenvalue weighted by molar-refractivity contribution is 8.00. The van der Waals surface area contributed by atoms with Crippen LogP contribution < -0.4 is 16.0 Å². The number of nitrogens with one attached hydrogen (secondary N) is 3. The fraction of sp³-hybridized carbons (Fsp3) is 0.0938. The Balaban J connectivity index is 1.40. The van der Waals surface area contributed by atoms with Gasteiger partial charge < -0.3 is 16.0 Å². The van der Waals surface area contributed by atoms with Gasteiger partial charge in [0.1, 0.15) is 5.70 Å². The lowest BCUT2D eigenvalue weighted by atomic mass is 10.1. The molecule has 0 aliphatic carbocycles. The van der Waals surface area contributed by atoms with E-state index in [1.165, 1.54) is 11.8 Å². The number of anilines is 2. The standard InChI is InChI=1S/C32H28ClN3O3S/c1-21-8-11-23(12-9-21)18-29(36-31(38)24-6-4-3-5-7-24)32(39)34-26-14-16-27(17-15-26)40-20-30(37)35-28-19-25(33)13-10-22(28)2/h3-19H,20H2,1-2H3,(H,34,39)(H,35,37)(H,36,38)/b29-18-. The van der Waals surface area contributed by atoms with Gasteiger partial charge in [0, 0.05) is 26.9 Å². The number of hydrogen-bond donors (Lipinski definition) is 3. The summed E-state index contributed by atoms with van der Waals surface area (Å²) in [7, 11) is 0. The number of carbonyl (C=O) groups is 3. The second kappa shape index (κ2) is 13.6. The lowest BCUT2D eigenvalue weighted by Gasteiger charge is -2.12. The Morgan fingerprint density at radius 3 is 2.23 bits per heavy atom. The van der Waals surface area contributed by atoms with E-state index in [1.807, 2.05) is 62.4 Å². The van der Waals surface area contributed by atoms with Crippen molar-refractivity contribution in [1.29, 1.82) is 0 Å². The van der Waals surface area contributed by atoms with Gasteiger partial charge in [0.15, 0.2) is 0 Å². The van der Waals surface area contributed by atoms with Crippen LogP contribution in [0.1, 0.15) is 27.0 Å². The molecule has 4 aromatic carbocycles. The first-order chi connectivity index (χ1) is 19.3. The molecule has 0 aliphatic heterocycles. The largest absolute Gasteiger partial charge is 0.325 e. The van der Waals surface area contributed by atoms with Gasteiger partial charge in [-0.25, -0.2) is 0 Å². The highest BCUT2D eigenvalue weighted by atomic mass is 35.5. The van der Waals surface area contributed by atoms with E-state index in [0.29, 0.717) is 22.0 Å². The van der Waals surface area contributed by atoms with E-state index in [9.17, 15) is 14.4 Å². The number of rotatable bonds is 9. The molecule has 0 aliphatic rings. The van der Waals surface area contributed by atoms with Crippen molar-refractivity contribution in [3.8, 4) is 0 Å². The minimum Gasteiger partial charge on any atom is -0.325 e. The first-order valence-electron chi connectivity index (χ1n) is 12.5. The minimum atomic E-state index is -0.457. The predicted molar refractivity (Wildman–Crippen MR) is 164 cm³/mol. The molecule has 0 saturated carbocycles. The average Bonchev–Trinajstić information content (AvgIpc) is 2.96. The van der Waals surface area contributed by atoms with Crippen LogP contribution in [0.3, 0.4) is 0 Å². The van der Waals surface area contributed by atoms with Crippen molar-refractivity contribution in [3.63, 3.8) is 0 Å². The van der Waals surface area contributed by atoms with Gasteiger partial charge in [-0.15, -0.1) is 11.8 Å². The minimum absolute atomic E-state index is 0.115. The Kier molecular flexibility index (Phi) is 9.78. The zero-order valence-electron chi connectivity index (χ0n) is 22.0. The molecular formula is C32H28ClN3O3S. The predicted octanol–water partition coefficient (Wildman–Crippen LogP) is 7.10. The van der Waals surface area contributed by atoms with Crippen LogP contribution in [-0.2, 0) is 9.59 Å². The molecule has 0 spiro atoms. The van der Waals surface area contributed by atoms with E-state index in [2.05, 4.69) is 16.0 Å². The third-order valence-corrected chi connectivity index (χ3v) is 7.12. The fourth-order valence-corrected chi connectivity index (χ4v) is 4.54. The second-order valence-electron chi connectivity index (χ2n) is 9.06. The number of halogens is 1. The summed E-state index contributed by atoms with van der Waals surface area (Å²) in [6.45, 7) is 3.88. The molecule has 4 aromatic rings. The van der Waals surface area contributed by atoms with Gasteiger partial charge in [0.2, 0.25) is 5.91 Å². The van der Waals surface area contributed by atoms with Crippen molar-refractivity contribution >= 4 is 58.5 Å². The van der Waals surface area contributed by atoms with E-state index in [0.717, 1.165) is 21.6 Å². The maximum Gasteiger partial charge on any atom is 0.272 e. The number of hydrogen-bond acceptors (Lipinski definition) is 4. The van der Waals surface area contributed by atoms with Crippen LogP contribution in [-0.4, -0.2) is 23.5 Å². The van der Waals surface area contributed by atoms with Gasteiger partial charge in [-0.05, 0) is 79.6 Å². The molecule has 0 heterocycles. The second-order valence-corrected chi connectivity index (χ2v) is 10.5. The lowest BCUT2D eigenvalue weighted by Crippen LogP contribution is -2.30. The molecule has 0 bridgehead atoms. The van der Waals surface area contributed by atoms with E-state index in [4.69, 9.17) is 11.6 Å². The molecule has 202 valence electrons. The Morgan fingerprint density at radius 2 is 1.52 bits per heavy atom. The van der Waals surface area contributed by atoms with E-state index in [-0.39, 0.29) is 23.3 Å². The zero-order valence-corrected chi connectivity index (χ0v) is 23.6. The number of amides is 3.